The fraction of sp³-hybridized carbons (Fsp3) is 0.421. The van der Waals surface area contributed by atoms with E-state index in [-0.39, 0.29) is 5.69 Å². The average Bonchev–Trinajstić information content (AvgIpc) is 2.95. The van der Waals surface area contributed by atoms with Gasteiger partial charge in [0.15, 0.2) is 5.69 Å². The molecule has 1 N–H and O–H groups in total. The maximum Gasteiger partial charge on any atom is 0.356 e. The number of fused-ring (bicyclic) bond motifs is 1. The molecule has 0 amide bonds. The molecule has 0 unspecified atom stereocenters. The Kier molecular flexibility index (Phi) is 4.99. The van der Waals surface area contributed by atoms with Crippen LogP contribution in [-0.4, -0.2) is 43.8 Å². The van der Waals surface area contributed by atoms with Gasteiger partial charge >= 0.3 is 5.97 Å². The number of carboxylic acid groups (broad SMARTS) is 1. The lowest BCUT2D eigenvalue weighted by Gasteiger charge is -2.32. The number of rotatable bonds is 6. The molecule has 2 aromatic heterocycles. The summed E-state index contributed by atoms with van der Waals surface area (Å²) in [6.07, 6.45) is 8.00. The highest BCUT2D eigenvalue weighted by Crippen LogP contribution is 2.28. The summed E-state index contributed by atoms with van der Waals surface area (Å²) in [6.45, 7) is 7.18. The monoisotopic (exact) mass is 340 g/mol. The summed E-state index contributed by atoms with van der Waals surface area (Å²) in [5.41, 5.74) is 4.54. The average molecular weight is 340 g/mol. The molecule has 2 heterocycles. The van der Waals surface area contributed by atoms with E-state index in [1.165, 1.54) is 11.1 Å². The van der Waals surface area contributed by atoms with Gasteiger partial charge in [0, 0.05) is 36.2 Å². The van der Waals surface area contributed by atoms with Crippen LogP contribution in [0, 0.1) is 6.92 Å². The molecule has 0 saturated carbocycles. The van der Waals surface area contributed by atoms with Crippen LogP contribution < -0.4 is 0 Å². The molecule has 2 aromatic rings. The Morgan fingerprint density at radius 1 is 1.56 bits per heavy atom. The van der Waals surface area contributed by atoms with Crippen molar-refractivity contribution in [2.45, 2.75) is 45.3 Å². The number of nitrogens with zero attached hydrogens (tertiary/aromatic N) is 4. The Labute approximate surface area is 147 Å². The van der Waals surface area contributed by atoms with Crippen molar-refractivity contribution < 1.29 is 9.90 Å². The van der Waals surface area contributed by atoms with Crippen LogP contribution in [0.4, 0.5) is 0 Å². The number of hydrogen-bond donors (Lipinski definition) is 1. The first-order chi connectivity index (χ1) is 12.0. The molecule has 3 rings (SSSR count). The number of aryl methyl sites for hydroxylation is 1. The van der Waals surface area contributed by atoms with Crippen molar-refractivity contribution in [3.63, 3.8) is 0 Å². The van der Waals surface area contributed by atoms with Crippen LogP contribution in [0.25, 0.3) is 0 Å². The van der Waals surface area contributed by atoms with Gasteiger partial charge < -0.3 is 5.11 Å². The largest absolute Gasteiger partial charge is 0.476 e. The van der Waals surface area contributed by atoms with Crippen LogP contribution in [0.1, 0.15) is 39.3 Å². The van der Waals surface area contributed by atoms with Crippen molar-refractivity contribution >= 4 is 5.97 Å². The second-order valence-corrected chi connectivity index (χ2v) is 6.66. The summed E-state index contributed by atoms with van der Waals surface area (Å²) in [4.78, 5) is 18.0. The summed E-state index contributed by atoms with van der Waals surface area (Å²) >= 11 is 0. The van der Waals surface area contributed by atoms with E-state index in [1.807, 2.05) is 18.5 Å². The lowest BCUT2D eigenvalue weighted by atomic mass is 9.90. The van der Waals surface area contributed by atoms with Crippen LogP contribution in [0.2, 0.25) is 0 Å². The number of allylic oxidation sites excluding steroid dienone is 1. The summed E-state index contributed by atoms with van der Waals surface area (Å²) in [6, 6.07) is 2.35. The summed E-state index contributed by atoms with van der Waals surface area (Å²) in [5.74, 6) is -0.952. The Hall–Kier alpha value is -2.47. The normalized spacial score (nSPS) is 16.7. The molecule has 25 heavy (non-hydrogen) atoms. The lowest BCUT2D eigenvalue weighted by molar-refractivity contribution is 0.0687. The maximum atomic E-state index is 11.6. The Balaban J connectivity index is 1.81. The zero-order chi connectivity index (χ0) is 18.0. The summed E-state index contributed by atoms with van der Waals surface area (Å²) < 4.78 is 1.79. The SMILES string of the molecule is C=CCn1nc(C(=O)O)c2c1CC[C@@H](N(C)Cc1ccncc1C)C2. The fourth-order valence-electron chi connectivity index (χ4n) is 3.57. The minimum Gasteiger partial charge on any atom is -0.476 e. The van der Waals surface area contributed by atoms with E-state index in [9.17, 15) is 9.90 Å². The number of likely N-dealkylation sites (N-methyl/N-ethyl adjacent to an activating group) is 1. The van der Waals surface area contributed by atoms with Crippen LogP contribution in [0.5, 0.6) is 0 Å². The molecule has 0 aliphatic heterocycles. The molecule has 0 radical (unpaired) electrons. The topological polar surface area (TPSA) is 71.2 Å². The molecule has 0 spiro atoms. The van der Waals surface area contributed by atoms with E-state index in [1.54, 1.807) is 10.8 Å². The Morgan fingerprint density at radius 2 is 2.36 bits per heavy atom. The summed E-state index contributed by atoms with van der Waals surface area (Å²) in [5, 5.41) is 13.8. The van der Waals surface area contributed by atoms with Crippen molar-refractivity contribution in [1.82, 2.24) is 19.7 Å². The van der Waals surface area contributed by atoms with Crippen LogP contribution in [0.15, 0.2) is 31.1 Å². The Morgan fingerprint density at radius 3 is 3.04 bits per heavy atom. The highest BCUT2D eigenvalue weighted by Gasteiger charge is 2.30. The number of aromatic nitrogens is 3. The van der Waals surface area contributed by atoms with E-state index in [0.717, 1.165) is 37.1 Å². The molecule has 6 nitrogen and oxygen atoms in total. The molecule has 6 heteroatoms. The third-order valence-electron chi connectivity index (χ3n) is 5.00. The van der Waals surface area contributed by atoms with Gasteiger partial charge in [0.25, 0.3) is 0 Å². The number of aromatic carboxylic acids is 1. The zero-order valence-electron chi connectivity index (χ0n) is 14.8. The maximum absolute atomic E-state index is 11.6. The van der Waals surface area contributed by atoms with Crippen molar-refractivity contribution in [2.75, 3.05) is 7.05 Å². The zero-order valence-corrected chi connectivity index (χ0v) is 14.8. The van der Waals surface area contributed by atoms with Crippen molar-refractivity contribution in [2.24, 2.45) is 0 Å². The fourth-order valence-corrected chi connectivity index (χ4v) is 3.57. The number of carbonyl (C=O) groups is 1. The van der Waals surface area contributed by atoms with E-state index in [0.29, 0.717) is 12.6 Å². The number of pyridine rings is 1. The number of carboxylic acids is 1. The van der Waals surface area contributed by atoms with Gasteiger partial charge in [-0.05, 0) is 50.4 Å². The van der Waals surface area contributed by atoms with Crippen LogP contribution in [0.3, 0.4) is 0 Å². The van der Waals surface area contributed by atoms with Gasteiger partial charge in [0.2, 0.25) is 0 Å². The van der Waals surface area contributed by atoms with Gasteiger partial charge in [-0.2, -0.15) is 5.10 Å². The third kappa shape index (κ3) is 3.49. The standard InChI is InChI=1S/C19H24N4O2/c1-4-9-23-17-6-5-15(10-16(17)18(21-23)19(24)25)22(3)12-14-7-8-20-11-13(14)2/h4,7-8,11,15H,1,5-6,9-10,12H2,2-3H3,(H,24,25)/t15-/m1/s1. The molecule has 0 aromatic carbocycles. The predicted molar refractivity (Wildman–Crippen MR) is 95.6 cm³/mol. The molecule has 1 atom stereocenters. The van der Waals surface area contributed by atoms with Crippen molar-refractivity contribution in [3.8, 4) is 0 Å². The van der Waals surface area contributed by atoms with E-state index >= 15 is 0 Å². The predicted octanol–water partition coefficient (Wildman–Crippen LogP) is 2.46. The molecule has 0 fully saturated rings. The second kappa shape index (κ2) is 7.19. The quantitative estimate of drug-likeness (QED) is 0.818. The molecule has 132 valence electrons. The van der Waals surface area contributed by atoms with E-state index in [2.05, 4.69) is 35.5 Å². The first kappa shape index (κ1) is 17.4. The van der Waals surface area contributed by atoms with Gasteiger partial charge in [-0.15, -0.1) is 6.58 Å². The second-order valence-electron chi connectivity index (χ2n) is 6.66. The minimum absolute atomic E-state index is 0.190. The first-order valence-corrected chi connectivity index (χ1v) is 8.53. The molecule has 1 aliphatic carbocycles. The van der Waals surface area contributed by atoms with Crippen LogP contribution in [-0.2, 0) is 25.9 Å². The molecular formula is C19H24N4O2. The highest BCUT2D eigenvalue weighted by atomic mass is 16.4. The molecule has 0 saturated heterocycles. The Bertz CT molecular complexity index is 797. The van der Waals surface area contributed by atoms with Crippen molar-refractivity contribution in [3.05, 3.63) is 59.2 Å². The number of hydrogen-bond acceptors (Lipinski definition) is 4. The summed E-state index contributed by atoms with van der Waals surface area (Å²) in [7, 11) is 2.10. The molecule has 1 aliphatic rings. The van der Waals surface area contributed by atoms with Gasteiger partial charge in [-0.25, -0.2) is 4.79 Å². The van der Waals surface area contributed by atoms with E-state index in [4.69, 9.17) is 0 Å². The van der Waals surface area contributed by atoms with E-state index < -0.39 is 5.97 Å². The molecular weight excluding hydrogens is 316 g/mol. The highest BCUT2D eigenvalue weighted by molar-refractivity contribution is 5.87. The van der Waals surface area contributed by atoms with Gasteiger partial charge in [0.1, 0.15) is 0 Å². The lowest BCUT2D eigenvalue weighted by Crippen LogP contribution is -2.36. The van der Waals surface area contributed by atoms with Crippen LogP contribution >= 0.6 is 0 Å². The smallest absolute Gasteiger partial charge is 0.356 e. The minimum atomic E-state index is -0.952. The van der Waals surface area contributed by atoms with Gasteiger partial charge in [-0.3, -0.25) is 14.6 Å². The third-order valence-corrected chi connectivity index (χ3v) is 5.00. The van der Waals surface area contributed by atoms with Gasteiger partial charge in [-0.1, -0.05) is 6.08 Å². The molecule has 0 bridgehead atoms. The van der Waals surface area contributed by atoms with Crippen molar-refractivity contribution in [1.29, 1.82) is 0 Å². The first-order valence-electron chi connectivity index (χ1n) is 8.53. The van der Waals surface area contributed by atoms with Gasteiger partial charge in [0.05, 0.1) is 6.54 Å².